The molecular formula is C21H17ClN4O5S. The van der Waals surface area contributed by atoms with E-state index in [1.807, 2.05) is 0 Å². The zero-order valence-corrected chi connectivity index (χ0v) is 18.8. The molecule has 32 heavy (non-hydrogen) atoms. The normalized spacial score (nSPS) is 11.8. The maximum atomic E-state index is 12.1. The molecule has 0 saturated carbocycles. The van der Waals surface area contributed by atoms with Crippen LogP contribution in [0.25, 0.3) is 28.6 Å². The summed E-state index contributed by atoms with van der Waals surface area (Å²) in [5.41, 5.74) is 2.38. The van der Waals surface area contributed by atoms with Gasteiger partial charge in [-0.2, -0.15) is 0 Å². The van der Waals surface area contributed by atoms with E-state index < -0.39 is 5.97 Å². The highest BCUT2D eigenvalue weighted by molar-refractivity contribution is 8.03. The number of aryl methyl sites for hydroxylation is 2. The van der Waals surface area contributed by atoms with Crippen molar-refractivity contribution in [1.29, 1.82) is 0 Å². The Morgan fingerprint density at radius 1 is 1.16 bits per heavy atom. The molecule has 0 radical (unpaired) electrons. The zero-order chi connectivity index (χ0) is 23.0. The van der Waals surface area contributed by atoms with Crippen LogP contribution in [-0.4, -0.2) is 37.5 Å². The Balaban J connectivity index is 1.67. The fraction of sp³-hybridized carbons (Fsp3) is 0.143. The number of nitrogens with zero attached hydrogens (tertiary/aromatic N) is 4. The molecule has 0 bridgehead atoms. The molecular weight excluding hydrogens is 456 g/mol. The number of aliphatic carboxylic acids is 1. The molecule has 0 fully saturated rings. The maximum absolute atomic E-state index is 12.1. The lowest BCUT2D eigenvalue weighted by atomic mass is 10.2. The molecule has 0 aliphatic heterocycles. The molecule has 0 atom stereocenters. The van der Waals surface area contributed by atoms with Gasteiger partial charge in [0.1, 0.15) is 10.7 Å². The van der Waals surface area contributed by atoms with Crippen molar-refractivity contribution < 1.29 is 19.1 Å². The quantitative estimate of drug-likeness (QED) is 0.333. The summed E-state index contributed by atoms with van der Waals surface area (Å²) in [7, 11) is 4.85. The molecule has 164 valence electrons. The molecule has 0 aliphatic carbocycles. The highest BCUT2D eigenvalue weighted by Crippen LogP contribution is 2.35. The van der Waals surface area contributed by atoms with Gasteiger partial charge in [0.2, 0.25) is 0 Å². The number of fused-ring (bicyclic) bond motifs is 1. The second kappa shape index (κ2) is 8.56. The number of thioether (sulfide) groups is 1. The number of methoxy groups -OCH3 is 1. The van der Waals surface area contributed by atoms with Crippen molar-refractivity contribution in [3.63, 3.8) is 0 Å². The second-order valence-corrected chi connectivity index (χ2v) is 8.21. The SMILES string of the molecule is COc1ccc(Cl)cc1-c1nnc(S/C(=C\c2ccc3c(c2)n(C)c(=O)n3C)C(=O)O)o1. The van der Waals surface area contributed by atoms with Crippen molar-refractivity contribution in [3.05, 3.63) is 62.4 Å². The Labute approximate surface area is 190 Å². The van der Waals surface area contributed by atoms with Crippen molar-refractivity contribution in [2.45, 2.75) is 5.22 Å². The number of benzene rings is 2. The van der Waals surface area contributed by atoms with E-state index in [1.165, 1.54) is 22.3 Å². The van der Waals surface area contributed by atoms with Gasteiger partial charge >= 0.3 is 11.7 Å². The van der Waals surface area contributed by atoms with Gasteiger partial charge in [0.25, 0.3) is 11.1 Å². The number of halogens is 1. The predicted molar refractivity (Wildman–Crippen MR) is 121 cm³/mol. The van der Waals surface area contributed by atoms with Gasteiger partial charge in [-0.25, -0.2) is 9.59 Å². The molecule has 0 unspecified atom stereocenters. The number of hydrogen-bond donors (Lipinski definition) is 1. The number of carbonyl (C=O) groups is 1. The summed E-state index contributed by atoms with van der Waals surface area (Å²) < 4.78 is 14.0. The van der Waals surface area contributed by atoms with Crippen molar-refractivity contribution in [2.24, 2.45) is 14.1 Å². The smallest absolute Gasteiger partial charge is 0.342 e. The van der Waals surface area contributed by atoms with E-state index in [1.54, 1.807) is 50.5 Å². The molecule has 4 rings (SSSR count). The molecule has 2 aromatic carbocycles. The van der Waals surface area contributed by atoms with Gasteiger partial charge in [-0.3, -0.25) is 9.13 Å². The number of carboxylic acids is 1. The molecule has 2 aromatic heterocycles. The average Bonchev–Trinajstić information content (AvgIpc) is 3.32. The summed E-state index contributed by atoms with van der Waals surface area (Å²) in [6, 6.07) is 10.2. The van der Waals surface area contributed by atoms with Gasteiger partial charge in [0.15, 0.2) is 0 Å². The van der Waals surface area contributed by atoms with Gasteiger partial charge in [-0.05, 0) is 53.7 Å². The molecule has 2 heterocycles. The van der Waals surface area contributed by atoms with Crippen LogP contribution in [0.2, 0.25) is 5.02 Å². The van der Waals surface area contributed by atoms with Crippen LogP contribution in [0.5, 0.6) is 5.75 Å². The van der Waals surface area contributed by atoms with Crippen LogP contribution in [0.1, 0.15) is 5.56 Å². The molecule has 4 aromatic rings. The monoisotopic (exact) mass is 472 g/mol. The Bertz CT molecular complexity index is 1440. The molecule has 9 nitrogen and oxygen atoms in total. The lowest BCUT2D eigenvalue weighted by molar-refractivity contribution is -0.131. The molecule has 0 spiro atoms. The molecule has 0 amide bonds. The Morgan fingerprint density at radius 2 is 1.91 bits per heavy atom. The van der Waals surface area contributed by atoms with E-state index in [0.717, 1.165) is 17.3 Å². The molecule has 0 aliphatic rings. The number of carboxylic acid groups (broad SMARTS) is 1. The number of ether oxygens (including phenoxy) is 1. The summed E-state index contributed by atoms with van der Waals surface area (Å²) >= 11 is 6.87. The molecule has 11 heteroatoms. The van der Waals surface area contributed by atoms with Crippen molar-refractivity contribution >= 4 is 46.4 Å². The van der Waals surface area contributed by atoms with Gasteiger partial charge in [-0.1, -0.05) is 17.7 Å². The standard InChI is InChI=1S/C21H17ClN4O5S/c1-25-14-6-4-11(8-15(14)26(2)21(25)29)9-17(19(27)28)32-20-24-23-18(31-20)13-10-12(22)5-7-16(13)30-3/h4-10H,1-3H3,(H,27,28)/b17-9-. The minimum Gasteiger partial charge on any atom is -0.496 e. The van der Waals surface area contributed by atoms with Gasteiger partial charge < -0.3 is 14.3 Å². The van der Waals surface area contributed by atoms with Crippen LogP contribution >= 0.6 is 23.4 Å². The lowest BCUT2D eigenvalue weighted by Crippen LogP contribution is -2.19. The number of imidazole rings is 1. The number of hydrogen-bond acceptors (Lipinski definition) is 7. The van der Waals surface area contributed by atoms with Crippen LogP contribution in [-0.2, 0) is 18.9 Å². The average molecular weight is 473 g/mol. The van der Waals surface area contributed by atoms with Crippen LogP contribution in [0.3, 0.4) is 0 Å². The number of rotatable bonds is 6. The van der Waals surface area contributed by atoms with E-state index in [4.69, 9.17) is 20.8 Å². The Kier molecular flexibility index (Phi) is 5.81. The third-order valence-electron chi connectivity index (χ3n) is 4.80. The first kappa shape index (κ1) is 21.7. The summed E-state index contributed by atoms with van der Waals surface area (Å²) in [5.74, 6) is -0.514. The van der Waals surface area contributed by atoms with Crippen LogP contribution in [0, 0.1) is 0 Å². The number of aromatic nitrogens is 4. The van der Waals surface area contributed by atoms with Crippen LogP contribution in [0.4, 0.5) is 0 Å². The van der Waals surface area contributed by atoms with Crippen molar-refractivity contribution in [3.8, 4) is 17.2 Å². The van der Waals surface area contributed by atoms with E-state index in [2.05, 4.69) is 10.2 Å². The van der Waals surface area contributed by atoms with E-state index in [9.17, 15) is 14.7 Å². The van der Waals surface area contributed by atoms with E-state index in [0.29, 0.717) is 27.4 Å². The zero-order valence-electron chi connectivity index (χ0n) is 17.2. The Hall–Kier alpha value is -3.50. The largest absolute Gasteiger partial charge is 0.496 e. The maximum Gasteiger partial charge on any atom is 0.342 e. The first-order chi connectivity index (χ1) is 15.3. The van der Waals surface area contributed by atoms with Gasteiger partial charge in [0.05, 0.1) is 23.7 Å². The summed E-state index contributed by atoms with van der Waals surface area (Å²) in [4.78, 5) is 23.9. The molecule has 1 N–H and O–H groups in total. The highest BCUT2D eigenvalue weighted by atomic mass is 35.5. The minimum atomic E-state index is -1.16. The van der Waals surface area contributed by atoms with E-state index in [-0.39, 0.29) is 21.7 Å². The first-order valence-corrected chi connectivity index (χ1v) is 10.4. The summed E-state index contributed by atoms with van der Waals surface area (Å²) in [5, 5.41) is 18.1. The fourth-order valence-electron chi connectivity index (χ4n) is 3.20. The predicted octanol–water partition coefficient (Wildman–Crippen LogP) is 3.81. The fourth-order valence-corrected chi connectivity index (χ4v) is 4.05. The van der Waals surface area contributed by atoms with E-state index >= 15 is 0 Å². The van der Waals surface area contributed by atoms with Gasteiger partial charge in [0, 0.05) is 19.1 Å². The second-order valence-electron chi connectivity index (χ2n) is 6.78. The van der Waals surface area contributed by atoms with Crippen LogP contribution in [0.15, 0.2) is 55.7 Å². The summed E-state index contributed by atoms with van der Waals surface area (Å²) in [6.45, 7) is 0. The third kappa shape index (κ3) is 4.02. The lowest BCUT2D eigenvalue weighted by Gasteiger charge is -2.04. The van der Waals surface area contributed by atoms with Crippen molar-refractivity contribution in [2.75, 3.05) is 7.11 Å². The minimum absolute atomic E-state index is 0.0291. The van der Waals surface area contributed by atoms with Crippen LogP contribution < -0.4 is 10.4 Å². The molecule has 0 saturated heterocycles. The highest BCUT2D eigenvalue weighted by Gasteiger charge is 2.18. The first-order valence-electron chi connectivity index (χ1n) is 9.24. The van der Waals surface area contributed by atoms with Crippen molar-refractivity contribution in [1.82, 2.24) is 19.3 Å². The topological polar surface area (TPSA) is 112 Å². The third-order valence-corrected chi connectivity index (χ3v) is 5.89. The Morgan fingerprint density at radius 3 is 2.62 bits per heavy atom. The van der Waals surface area contributed by atoms with Gasteiger partial charge in [-0.15, -0.1) is 10.2 Å². The summed E-state index contributed by atoms with van der Waals surface area (Å²) in [6.07, 6.45) is 1.48.